The van der Waals surface area contributed by atoms with E-state index in [9.17, 15) is 5.11 Å². The quantitative estimate of drug-likeness (QED) is 0.511. The van der Waals surface area contributed by atoms with E-state index in [0.717, 1.165) is 35.3 Å². The van der Waals surface area contributed by atoms with Crippen LogP contribution in [0.2, 0.25) is 0 Å². The predicted molar refractivity (Wildman–Crippen MR) is 112 cm³/mol. The first-order valence-electron chi connectivity index (χ1n) is 9.28. The zero-order chi connectivity index (χ0) is 20.0. The van der Waals surface area contributed by atoms with Crippen LogP contribution in [0, 0.1) is 11.8 Å². The maximum atomic E-state index is 10.6. The minimum atomic E-state index is -1.30. The number of nitrogens with zero attached hydrogens (tertiary/aromatic N) is 5. The molecular formula is C21H18N6OS. The van der Waals surface area contributed by atoms with Crippen molar-refractivity contribution >= 4 is 28.3 Å². The monoisotopic (exact) mass is 402 g/mol. The summed E-state index contributed by atoms with van der Waals surface area (Å²) in [6, 6.07) is 7.66. The molecule has 1 aliphatic rings. The summed E-state index contributed by atoms with van der Waals surface area (Å²) in [5.41, 5.74) is 7.07. The van der Waals surface area contributed by atoms with Crippen LogP contribution < -0.4 is 5.73 Å². The SMILES string of the molecule is CC(O)(C#Cc1ccc2nc(C3CC3)n(-c3ccnc(N)n3)c2c1)c1nccs1. The van der Waals surface area contributed by atoms with Gasteiger partial charge in [-0.05, 0) is 44.0 Å². The first-order valence-corrected chi connectivity index (χ1v) is 10.2. The standard InChI is InChI=1S/C21H18N6OS/c1-21(28,19-23-10-11-29-19)8-6-13-2-5-15-16(12-13)27(18(25-15)14-3-4-14)17-7-9-24-20(22)26-17/h2,5,7,9-12,14,28H,3-4H2,1H3,(H2,22,24,26). The fourth-order valence-electron chi connectivity index (χ4n) is 3.23. The van der Waals surface area contributed by atoms with Gasteiger partial charge in [-0.2, -0.15) is 4.98 Å². The number of benzene rings is 1. The summed E-state index contributed by atoms with van der Waals surface area (Å²) in [6.45, 7) is 1.65. The number of imidazole rings is 1. The van der Waals surface area contributed by atoms with Crippen LogP contribution in [-0.4, -0.2) is 29.6 Å². The number of hydrogen-bond donors (Lipinski definition) is 2. The van der Waals surface area contributed by atoms with Gasteiger partial charge in [0.2, 0.25) is 5.95 Å². The van der Waals surface area contributed by atoms with E-state index in [1.807, 2.05) is 34.2 Å². The highest BCUT2D eigenvalue weighted by atomic mass is 32.1. The Balaban J connectivity index is 1.62. The number of aromatic nitrogens is 5. The molecule has 5 rings (SSSR count). The van der Waals surface area contributed by atoms with E-state index in [1.54, 1.807) is 19.3 Å². The third kappa shape index (κ3) is 3.35. The van der Waals surface area contributed by atoms with Gasteiger partial charge in [0, 0.05) is 29.3 Å². The molecule has 1 atom stereocenters. The summed E-state index contributed by atoms with van der Waals surface area (Å²) in [5, 5.41) is 13.0. The summed E-state index contributed by atoms with van der Waals surface area (Å²) in [7, 11) is 0. The Morgan fingerprint density at radius 1 is 1.21 bits per heavy atom. The lowest BCUT2D eigenvalue weighted by Crippen LogP contribution is -2.17. The highest BCUT2D eigenvalue weighted by Gasteiger charge is 2.30. The Labute approximate surface area is 171 Å². The molecule has 0 bridgehead atoms. The molecule has 29 heavy (non-hydrogen) atoms. The second-order valence-corrected chi connectivity index (χ2v) is 8.11. The lowest BCUT2D eigenvalue weighted by atomic mass is 10.1. The molecule has 3 aromatic heterocycles. The van der Waals surface area contributed by atoms with Crippen molar-refractivity contribution in [2.24, 2.45) is 0 Å². The molecule has 1 aromatic carbocycles. The highest BCUT2D eigenvalue weighted by Crippen LogP contribution is 2.41. The normalized spacial score (nSPS) is 15.7. The minimum absolute atomic E-state index is 0.224. The molecule has 0 saturated heterocycles. The van der Waals surface area contributed by atoms with E-state index in [4.69, 9.17) is 10.7 Å². The van der Waals surface area contributed by atoms with E-state index in [1.165, 1.54) is 11.3 Å². The number of rotatable bonds is 3. The zero-order valence-corrected chi connectivity index (χ0v) is 16.5. The van der Waals surface area contributed by atoms with Crippen molar-refractivity contribution in [2.45, 2.75) is 31.3 Å². The van der Waals surface area contributed by atoms with Gasteiger partial charge in [0.1, 0.15) is 16.6 Å². The maximum absolute atomic E-state index is 10.6. The van der Waals surface area contributed by atoms with Crippen molar-refractivity contribution in [3.05, 3.63) is 58.4 Å². The van der Waals surface area contributed by atoms with Crippen LogP contribution in [0.15, 0.2) is 42.0 Å². The fraction of sp³-hybridized carbons (Fsp3) is 0.238. The van der Waals surface area contributed by atoms with Crippen LogP contribution >= 0.6 is 11.3 Å². The number of hydrogen-bond acceptors (Lipinski definition) is 7. The van der Waals surface area contributed by atoms with Crippen molar-refractivity contribution in [3.8, 4) is 17.7 Å². The molecule has 4 aromatic rings. The lowest BCUT2D eigenvalue weighted by Gasteiger charge is -2.12. The summed E-state index contributed by atoms with van der Waals surface area (Å²) < 4.78 is 2.04. The van der Waals surface area contributed by atoms with Crippen molar-refractivity contribution in [1.82, 2.24) is 24.5 Å². The van der Waals surface area contributed by atoms with Gasteiger partial charge in [0.25, 0.3) is 0 Å². The van der Waals surface area contributed by atoms with Gasteiger partial charge >= 0.3 is 0 Å². The van der Waals surface area contributed by atoms with E-state index in [2.05, 4.69) is 26.8 Å². The molecule has 144 valence electrons. The average molecular weight is 402 g/mol. The van der Waals surface area contributed by atoms with E-state index in [-0.39, 0.29) is 5.95 Å². The Bertz CT molecular complexity index is 1260. The highest BCUT2D eigenvalue weighted by molar-refractivity contribution is 7.09. The van der Waals surface area contributed by atoms with Crippen LogP contribution in [-0.2, 0) is 5.60 Å². The van der Waals surface area contributed by atoms with Crippen molar-refractivity contribution in [2.75, 3.05) is 5.73 Å². The van der Waals surface area contributed by atoms with Gasteiger partial charge in [-0.25, -0.2) is 15.0 Å². The smallest absolute Gasteiger partial charge is 0.221 e. The molecule has 0 spiro atoms. The Morgan fingerprint density at radius 3 is 2.79 bits per heavy atom. The van der Waals surface area contributed by atoms with Crippen LogP contribution in [0.1, 0.15) is 42.1 Å². The maximum Gasteiger partial charge on any atom is 0.221 e. The summed E-state index contributed by atoms with van der Waals surface area (Å²) in [5.74, 6) is 8.34. The van der Waals surface area contributed by atoms with E-state index < -0.39 is 5.60 Å². The number of aliphatic hydroxyl groups is 1. The van der Waals surface area contributed by atoms with Gasteiger partial charge < -0.3 is 10.8 Å². The van der Waals surface area contributed by atoms with Crippen molar-refractivity contribution in [3.63, 3.8) is 0 Å². The molecule has 1 unspecified atom stereocenters. The van der Waals surface area contributed by atoms with Gasteiger partial charge in [-0.3, -0.25) is 4.57 Å². The molecular weight excluding hydrogens is 384 g/mol. The number of thiazole rings is 1. The molecule has 0 aliphatic heterocycles. The number of fused-ring (bicyclic) bond motifs is 1. The zero-order valence-electron chi connectivity index (χ0n) is 15.7. The predicted octanol–water partition coefficient (Wildman–Crippen LogP) is 2.99. The average Bonchev–Trinajstić information content (AvgIpc) is 3.25. The minimum Gasteiger partial charge on any atom is -0.371 e. The summed E-state index contributed by atoms with van der Waals surface area (Å²) >= 11 is 1.38. The van der Waals surface area contributed by atoms with Gasteiger partial charge in [-0.1, -0.05) is 11.8 Å². The van der Waals surface area contributed by atoms with E-state index in [0.29, 0.717) is 16.7 Å². The first kappa shape index (κ1) is 17.8. The molecule has 8 heteroatoms. The first-order chi connectivity index (χ1) is 14.0. The van der Waals surface area contributed by atoms with Crippen molar-refractivity contribution in [1.29, 1.82) is 0 Å². The third-order valence-corrected chi connectivity index (χ3v) is 5.79. The molecule has 0 amide bonds. The van der Waals surface area contributed by atoms with E-state index >= 15 is 0 Å². The number of nitrogen functional groups attached to an aromatic ring is 1. The van der Waals surface area contributed by atoms with Gasteiger partial charge in [-0.15, -0.1) is 11.3 Å². The van der Waals surface area contributed by atoms with Crippen LogP contribution in [0.5, 0.6) is 0 Å². The Morgan fingerprint density at radius 2 is 2.07 bits per heavy atom. The summed E-state index contributed by atoms with van der Waals surface area (Å²) in [4.78, 5) is 17.4. The lowest BCUT2D eigenvalue weighted by molar-refractivity contribution is 0.122. The van der Waals surface area contributed by atoms with Gasteiger partial charge in [0.15, 0.2) is 5.60 Å². The second-order valence-electron chi connectivity index (χ2n) is 7.22. The molecule has 3 heterocycles. The second kappa shape index (κ2) is 6.65. The summed E-state index contributed by atoms with van der Waals surface area (Å²) in [6.07, 6.45) is 5.54. The molecule has 1 fully saturated rings. The topological polar surface area (TPSA) is 103 Å². The van der Waals surface area contributed by atoms with Crippen molar-refractivity contribution < 1.29 is 5.11 Å². The Hall–Kier alpha value is -3.28. The number of anilines is 1. The van der Waals surface area contributed by atoms with Crippen LogP contribution in [0.4, 0.5) is 5.95 Å². The molecule has 1 aliphatic carbocycles. The van der Waals surface area contributed by atoms with Crippen LogP contribution in [0.25, 0.3) is 16.9 Å². The Kier molecular flexibility index (Phi) is 4.08. The van der Waals surface area contributed by atoms with Crippen LogP contribution in [0.3, 0.4) is 0 Å². The third-order valence-electron chi connectivity index (χ3n) is 4.81. The largest absolute Gasteiger partial charge is 0.371 e. The molecule has 7 nitrogen and oxygen atoms in total. The fourth-order valence-corrected chi connectivity index (χ4v) is 3.88. The van der Waals surface area contributed by atoms with Gasteiger partial charge in [0.05, 0.1) is 11.0 Å². The molecule has 0 radical (unpaired) electrons. The molecule has 3 N–H and O–H groups in total. The number of nitrogens with two attached hydrogens (primary N) is 1. The molecule has 1 saturated carbocycles.